The van der Waals surface area contributed by atoms with Crippen molar-refractivity contribution in [2.45, 2.75) is 25.2 Å². The molecule has 1 aliphatic rings. The molecule has 0 spiro atoms. The smallest absolute Gasteiger partial charge is 0.250 e. The van der Waals surface area contributed by atoms with Gasteiger partial charge in [0.05, 0.1) is 5.69 Å². The normalized spacial score (nSPS) is 14.2. The fourth-order valence-corrected chi connectivity index (χ4v) is 4.43. The lowest BCUT2D eigenvalue weighted by Gasteiger charge is -2.34. The first-order valence-electron chi connectivity index (χ1n) is 10.2. The van der Waals surface area contributed by atoms with E-state index in [-0.39, 0.29) is 5.91 Å². The number of anilines is 1. The highest BCUT2D eigenvalue weighted by molar-refractivity contribution is 7.99. The van der Waals surface area contributed by atoms with Crippen LogP contribution in [0.15, 0.2) is 53.4 Å². The number of carbonyl (C=O) groups is 1. The molecule has 0 aliphatic carbocycles. The summed E-state index contributed by atoms with van der Waals surface area (Å²) in [7, 11) is 0. The molecule has 3 aromatic rings. The maximum absolute atomic E-state index is 12.6. The SMILES string of the molecule is Cc1ccc(SCCC(=O)N2CCN(c3nnnn3-c3ccccc3)CC2)cc1C. The number of nitrogens with zero attached hydrogens (tertiary/aromatic N) is 6. The Labute approximate surface area is 181 Å². The van der Waals surface area contributed by atoms with Gasteiger partial charge in [-0.15, -0.1) is 11.8 Å². The van der Waals surface area contributed by atoms with Crippen LogP contribution in [0, 0.1) is 13.8 Å². The standard InChI is InChI=1S/C22H26N6OS/c1-17-8-9-20(16-18(17)2)30-15-10-21(29)26-11-13-27(14-12-26)22-23-24-25-28(22)19-6-4-3-5-7-19/h3-9,16H,10-15H2,1-2H3. The molecule has 2 aromatic carbocycles. The molecule has 0 N–H and O–H groups in total. The van der Waals surface area contributed by atoms with Crippen LogP contribution in [-0.4, -0.2) is 62.9 Å². The van der Waals surface area contributed by atoms with Crippen molar-refractivity contribution in [1.82, 2.24) is 25.1 Å². The molecule has 8 heteroatoms. The summed E-state index contributed by atoms with van der Waals surface area (Å²) in [5.41, 5.74) is 3.52. The zero-order chi connectivity index (χ0) is 20.9. The van der Waals surface area contributed by atoms with E-state index in [1.165, 1.54) is 16.0 Å². The fraction of sp³-hybridized carbons (Fsp3) is 0.364. The lowest BCUT2D eigenvalue weighted by atomic mass is 10.1. The molecule has 0 saturated carbocycles. The third kappa shape index (κ3) is 4.64. The topological polar surface area (TPSA) is 67.2 Å². The molecule has 1 amide bonds. The number of carbonyl (C=O) groups excluding carboxylic acids is 1. The molecular formula is C22H26N6OS. The number of tetrazole rings is 1. The van der Waals surface area contributed by atoms with Crippen molar-refractivity contribution in [2.24, 2.45) is 0 Å². The van der Waals surface area contributed by atoms with E-state index >= 15 is 0 Å². The van der Waals surface area contributed by atoms with Gasteiger partial charge in [-0.2, -0.15) is 4.68 Å². The van der Waals surface area contributed by atoms with Crippen LogP contribution in [0.1, 0.15) is 17.5 Å². The number of amides is 1. The number of aromatic nitrogens is 4. The van der Waals surface area contributed by atoms with E-state index in [0.717, 1.165) is 30.5 Å². The molecule has 0 bridgehead atoms. The van der Waals surface area contributed by atoms with E-state index in [9.17, 15) is 4.79 Å². The summed E-state index contributed by atoms with van der Waals surface area (Å²) in [6, 6.07) is 16.3. The number of para-hydroxylation sites is 1. The summed E-state index contributed by atoms with van der Waals surface area (Å²) in [4.78, 5) is 18.0. The zero-order valence-corrected chi connectivity index (χ0v) is 18.2. The molecule has 30 heavy (non-hydrogen) atoms. The minimum atomic E-state index is 0.216. The largest absolute Gasteiger partial charge is 0.339 e. The molecule has 0 radical (unpaired) electrons. The van der Waals surface area contributed by atoms with Gasteiger partial charge in [-0.25, -0.2) is 0 Å². The van der Waals surface area contributed by atoms with Gasteiger partial charge < -0.3 is 9.80 Å². The predicted octanol–water partition coefficient (Wildman–Crippen LogP) is 3.11. The second kappa shape index (κ2) is 9.30. The first-order valence-corrected chi connectivity index (χ1v) is 11.2. The molecule has 1 fully saturated rings. The number of aryl methyl sites for hydroxylation is 2. The Kier molecular flexibility index (Phi) is 6.32. The summed E-state index contributed by atoms with van der Waals surface area (Å²) in [5.74, 6) is 1.74. The fourth-order valence-electron chi connectivity index (χ4n) is 3.49. The van der Waals surface area contributed by atoms with Crippen molar-refractivity contribution in [3.8, 4) is 5.69 Å². The van der Waals surface area contributed by atoms with Crippen LogP contribution >= 0.6 is 11.8 Å². The second-order valence-electron chi connectivity index (χ2n) is 7.44. The molecule has 4 rings (SSSR count). The summed E-state index contributed by atoms with van der Waals surface area (Å²) in [6.45, 7) is 7.07. The van der Waals surface area contributed by atoms with Gasteiger partial charge in [-0.05, 0) is 59.7 Å². The van der Waals surface area contributed by atoms with Crippen molar-refractivity contribution in [2.75, 3.05) is 36.8 Å². The minimum Gasteiger partial charge on any atom is -0.339 e. The molecule has 1 aromatic heterocycles. The number of benzene rings is 2. The average molecular weight is 423 g/mol. The van der Waals surface area contributed by atoms with Crippen LogP contribution in [0.3, 0.4) is 0 Å². The van der Waals surface area contributed by atoms with E-state index in [1.807, 2.05) is 35.2 Å². The quantitative estimate of drug-likeness (QED) is 0.569. The highest BCUT2D eigenvalue weighted by atomic mass is 32.2. The Morgan fingerprint density at radius 3 is 2.50 bits per heavy atom. The lowest BCUT2D eigenvalue weighted by Crippen LogP contribution is -2.49. The Morgan fingerprint density at radius 1 is 1.00 bits per heavy atom. The second-order valence-corrected chi connectivity index (χ2v) is 8.61. The molecule has 0 atom stereocenters. The van der Waals surface area contributed by atoms with Gasteiger partial charge in [0.25, 0.3) is 0 Å². The van der Waals surface area contributed by atoms with Gasteiger partial charge in [0.1, 0.15) is 0 Å². The minimum absolute atomic E-state index is 0.216. The highest BCUT2D eigenvalue weighted by Crippen LogP contribution is 2.22. The van der Waals surface area contributed by atoms with E-state index in [2.05, 4.69) is 52.5 Å². The van der Waals surface area contributed by atoms with Crippen LogP contribution in [0.25, 0.3) is 5.69 Å². The van der Waals surface area contributed by atoms with Crippen molar-refractivity contribution < 1.29 is 4.79 Å². The predicted molar refractivity (Wildman–Crippen MR) is 119 cm³/mol. The van der Waals surface area contributed by atoms with Crippen molar-refractivity contribution >= 4 is 23.6 Å². The number of rotatable bonds is 6. The van der Waals surface area contributed by atoms with Gasteiger partial charge >= 0.3 is 0 Å². The van der Waals surface area contributed by atoms with E-state index in [1.54, 1.807) is 16.4 Å². The van der Waals surface area contributed by atoms with Gasteiger partial charge in [-0.1, -0.05) is 29.4 Å². The third-order valence-electron chi connectivity index (χ3n) is 5.43. The Bertz CT molecular complexity index is 998. The van der Waals surface area contributed by atoms with Gasteiger partial charge in [0.15, 0.2) is 0 Å². The Morgan fingerprint density at radius 2 is 1.77 bits per heavy atom. The van der Waals surface area contributed by atoms with Crippen LogP contribution in [0.4, 0.5) is 5.95 Å². The highest BCUT2D eigenvalue weighted by Gasteiger charge is 2.24. The molecule has 2 heterocycles. The maximum atomic E-state index is 12.6. The molecule has 1 aliphatic heterocycles. The molecular weight excluding hydrogens is 396 g/mol. The van der Waals surface area contributed by atoms with Crippen molar-refractivity contribution in [3.63, 3.8) is 0 Å². The summed E-state index contributed by atoms with van der Waals surface area (Å²) in [5, 5.41) is 12.2. The Balaban J connectivity index is 1.28. The van der Waals surface area contributed by atoms with Crippen molar-refractivity contribution in [1.29, 1.82) is 0 Å². The lowest BCUT2D eigenvalue weighted by molar-refractivity contribution is -0.131. The van der Waals surface area contributed by atoms with Crippen LogP contribution in [-0.2, 0) is 4.79 Å². The zero-order valence-electron chi connectivity index (χ0n) is 17.4. The summed E-state index contributed by atoms with van der Waals surface area (Å²) in [6.07, 6.45) is 0.555. The number of thioether (sulfide) groups is 1. The van der Waals surface area contributed by atoms with E-state index < -0.39 is 0 Å². The Hall–Kier alpha value is -2.87. The molecule has 156 valence electrons. The monoisotopic (exact) mass is 422 g/mol. The summed E-state index contributed by atoms with van der Waals surface area (Å²) < 4.78 is 1.75. The number of piperazine rings is 1. The number of hydrogen-bond acceptors (Lipinski definition) is 6. The molecule has 1 saturated heterocycles. The number of hydrogen-bond donors (Lipinski definition) is 0. The van der Waals surface area contributed by atoms with Crippen LogP contribution < -0.4 is 4.90 Å². The van der Waals surface area contributed by atoms with Crippen LogP contribution in [0.5, 0.6) is 0 Å². The van der Waals surface area contributed by atoms with E-state index in [0.29, 0.717) is 19.5 Å². The third-order valence-corrected chi connectivity index (χ3v) is 6.43. The maximum Gasteiger partial charge on any atom is 0.250 e. The molecule has 0 unspecified atom stereocenters. The van der Waals surface area contributed by atoms with Crippen molar-refractivity contribution in [3.05, 3.63) is 59.7 Å². The van der Waals surface area contributed by atoms with Gasteiger partial charge in [0.2, 0.25) is 11.9 Å². The van der Waals surface area contributed by atoms with Crippen LogP contribution in [0.2, 0.25) is 0 Å². The van der Waals surface area contributed by atoms with E-state index in [4.69, 9.17) is 0 Å². The molecule has 7 nitrogen and oxygen atoms in total. The van der Waals surface area contributed by atoms with Gasteiger partial charge in [-0.3, -0.25) is 4.79 Å². The summed E-state index contributed by atoms with van der Waals surface area (Å²) >= 11 is 1.75. The van der Waals surface area contributed by atoms with Gasteiger partial charge in [0, 0.05) is 43.2 Å². The average Bonchev–Trinajstić information content (AvgIpc) is 3.27. The first kappa shape index (κ1) is 20.4. The first-order chi connectivity index (χ1) is 14.6.